The number of aromatic carboxylic acids is 1. The number of hydrazone groups is 1. The maximum atomic E-state index is 10.7. The van der Waals surface area contributed by atoms with E-state index in [1.54, 1.807) is 18.3 Å². The van der Waals surface area contributed by atoms with Gasteiger partial charge in [0.05, 0.1) is 17.9 Å². The van der Waals surface area contributed by atoms with Crippen molar-refractivity contribution in [3.05, 3.63) is 35.4 Å². The Morgan fingerprint density at radius 3 is 2.86 bits per heavy atom. The van der Waals surface area contributed by atoms with Crippen molar-refractivity contribution in [3.63, 3.8) is 0 Å². The molecule has 0 bridgehead atoms. The third-order valence-electron chi connectivity index (χ3n) is 3.05. The molecule has 0 aliphatic carbocycles. The normalized spacial score (nSPS) is 17.8. The molecule has 1 aromatic carbocycles. The minimum Gasteiger partial charge on any atom is -0.478 e. The second-order valence-electron chi connectivity index (χ2n) is 4.64. The highest BCUT2D eigenvalue weighted by Crippen LogP contribution is 2.10. The van der Waals surface area contributed by atoms with Crippen LogP contribution in [0.3, 0.4) is 0 Å². The van der Waals surface area contributed by atoms with Gasteiger partial charge in [-0.2, -0.15) is 5.10 Å². The van der Waals surface area contributed by atoms with Crippen LogP contribution in [0, 0.1) is 0 Å². The number of thiocarbonyl (C=S) groups is 1. The average molecular weight is 307 g/mol. The Morgan fingerprint density at radius 2 is 2.24 bits per heavy atom. The van der Waals surface area contributed by atoms with E-state index in [0.29, 0.717) is 11.7 Å². The summed E-state index contributed by atoms with van der Waals surface area (Å²) in [5.41, 5.74) is 3.74. The zero-order valence-corrected chi connectivity index (χ0v) is 12.2. The molecule has 1 heterocycles. The monoisotopic (exact) mass is 307 g/mol. The number of hydrogen-bond acceptors (Lipinski definition) is 4. The number of carboxylic acids is 1. The second kappa shape index (κ2) is 7.70. The largest absolute Gasteiger partial charge is 0.478 e. The molecule has 0 spiro atoms. The van der Waals surface area contributed by atoms with Crippen LogP contribution in [0.1, 0.15) is 28.8 Å². The van der Waals surface area contributed by atoms with Crippen molar-refractivity contribution in [1.29, 1.82) is 0 Å². The molecule has 7 heteroatoms. The van der Waals surface area contributed by atoms with E-state index in [2.05, 4.69) is 15.8 Å². The molecule has 0 aromatic heterocycles. The first-order valence-electron chi connectivity index (χ1n) is 6.67. The molecule has 6 nitrogen and oxygen atoms in total. The van der Waals surface area contributed by atoms with Crippen molar-refractivity contribution in [2.45, 2.75) is 18.9 Å². The van der Waals surface area contributed by atoms with E-state index in [1.165, 1.54) is 12.1 Å². The van der Waals surface area contributed by atoms with Crippen LogP contribution >= 0.6 is 12.2 Å². The molecule has 0 saturated carbocycles. The van der Waals surface area contributed by atoms with Crippen molar-refractivity contribution >= 4 is 29.5 Å². The average Bonchev–Trinajstić information content (AvgIpc) is 2.99. The molecule has 1 aliphatic rings. The molecule has 1 aromatic rings. The Balaban J connectivity index is 1.73. The van der Waals surface area contributed by atoms with Gasteiger partial charge in [-0.15, -0.1) is 0 Å². The Kier molecular flexibility index (Phi) is 5.65. The highest BCUT2D eigenvalue weighted by molar-refractivity contribution is 7.80. The van der Waals surface area contributed by atoms with Gasteiger partial charge >= 0.3 is 5.97 Å². The topological polar surface area (TPSA) is 83.0 Å². The lowest BCUT2D eigenvalue weighted by Crippen LogP contribution is -2.37. The molecule has 1 saturated heterocycles. The molecule has 1 fully saturated rings. The van der Waals surface area contributed by atoms with Gasteiger partial charge in [0.15, 0.2) is 5.11 Å². The number of benzene rings is 1. The van der Waals surface area contributed by atoms with Crippen LogP contribution in [0.2, 0.25) is 0 Å². The van der Waals surface area contributed by atoms with Crippen LogP contribution in [-0.4, -0.2) is 41.7 Å². The van der Waals surface area contributed by atoms with Crippen LogP contribution in [-0.2, 0) is 4.74 Å². The van der Waals surface area contributed by atoms with E-state index in [-0.39, 0.29) is 11.7 Å². The van der Waals surface area contributed by atoms with Crippen molar-refractivity contribution < 1.29 is 14.6 Å². The molecular weight excluding hydrogens is 290 g/mol. The lowest BCUT2D eigenvalue weighted by Gasteiger charge is -2.11. The first kappa shape index (κ1) is 15.4. The van der Waals surface area contributed by atoms with E-state index in [1.807, 2.05) is 0 Å². The lowest BCUT2D eigenvalue weighted by molar-refractivity contribution is 0.0697. The maximum Gasteiger partial charge on any atom is 0.335 e. The second-order valence-corrected chi connectivity index (χ2v) is 5.05. The predicted molar refractivity (Wildman–Crippen MR) is 83.7 cm³/mol. The summed E-state index contributed by atoms with van der Waals surface area (Å²) >= 11 is 5.09. The Labute approximate surface area is 128 Å². The summed E-state index contributed by atoms with van der Waals surface area (Å²) in [5, 5.41) is 16.3. The number of rotatable bonds is 5. The van der Waals surface area contributed by atoms with Crippen molar-refractivity contribution in [3.8, 4) is 0 Å². The van der Waals surface area contributed by atoms with Gasteiger partial charge in [0.2, 0.25) is 0 Å². The van der Waals surface area contributed by atoms with Crippen molar-refractivity contribution in [2.75, 3.05) is 13.2 Å². The number of carbonyl (C=O) groups is 1. The lowest BCUT2D eigenvalue weighted by atomic mass is 10.1. The Hall–Kier alpha value is -1.99. The smallest absolute Gasteiger partial charge is 0.335 e. The SMILES string of the molecule is O=C(O)c1ccc(/C=N/NC(=S)NCC2CCCO2)cc1. The summed E-state index contributed by atoms with van der Waals surface area (Å²) < 4.78 is 5.47. The van der Waals surface area contributed by atoms with E-state index in [0.717, 1.165) is 25.0 Å². The number of carboxylic acid groups (broad SMARTS) is 1. The first-order chi connectivity index (χ1) is 10.1. The third kappa shape index (κ3) is 5.13. The number of ether oxygens (including phenoxy) is 1. The van der Waals surface area contributed by atoms with Crippen LogP contribution in [0.4, 0.5) is 0 Å². The van der Waals surface area contributed by atoms with Gasteiger partial charge in [0.25, 0.3) is 0 Å². The number of nitrogens with zero attached hydrogens (tertiary/aromatic N) is 1. The molecule has 0 amide bonds. The van der Waals surface area contributed by atoms with E-state index >= 15 is 0 Å². The van der Waals surface area contributed by atoms with Crippen LogP contribution in [0.5, 0.6) is 0 Å². The fraction of sp³-hybridized carbons (Fsp3) is 0.357. The van der Waals surface area contributed by atoms with Crippen LogP contribution in [0.15, 0.2) is 29.4 Å². The van der Waals surface area contributed by atoms with Gasteiger partial charge in [-0.1, -0.05) is 12.1 Å². The fourth-order valence-corrected chi connectivity index (χ4v) is 2.06. The summed E-state index contributed by atoms with van der Waals surface area (Å²) in [5.74, 6) is -0.948. The number of nitrogens with one attached hydrogen (secondary N) is 2. The molecule has 0 radical (unpaired) electrons. The molecule has 2 rings (SSSR count). The van der Waals surface area contributed by atoms with Gasteiger partial charge in [0, 0.05) is 13.2 Å². The molecule has 1 aliphatic heterocycles. The van der Waals surface area contributed by atoms with Gasteiger partial charge in [-0.25, -0.2) is 4.79 Å². The molecular formula is C14H17N3O3S. The minimum absolute atomic E-state index is 0.220. The van der Waals surface area contributed by atoms with Crippen LogP contribution in [0.25, 0.3) is 0 Å². The van der Waals surface area contributed by atoms with E-state index in [9.17, 15) is 4.79 Å². The van der Waals surface area contributed by atoms with Gasteiger partial charge in [-0.3, -0.25) is 5.43 Å². The molecule has 21 heavy (non-hydrogen) atoms. The Bertz CT molecular complexity index is 525. The van der Waals surface area contributed by atoms with Gasteiger partial charge in [0.1, 0.15) is 0 Å². The standard InChI is InChI=1S/C14H17N3O3S/c18-13(19)11-5-3-10(4-6-11)8-16-17-14(21)15-9-12-2-1-7-20-12/h3-6,8,12H,1-2,7,9H2,(H,18,19)(H2,15,17,21)/b16-8+. The quantitative estimate of drug-likeness (QED) is 0.433. The summed E-state index contributed by atoms with van der Waals surface area (Å²) in [4.78, 5) is 10.7. The molecule has 3 N–H and O–H groups in total. The zero-order valence-electron chi connectivity index (χ0n) is 11.4. The third-order valence-corrected chi connectivity index (χ3v) is 3.29. The molecule has 1 unspecified atom stereocenters. The highest BCUT2D eigenvalue weighted by Gasteiger charge is 2.14. The first-order valence-corrected chi connectivity index (χ1v) is 7.08. The summed E-state index contributed by atoms with van der Waals surface area (Å²) in [7, 11) is 0. The zero-order chi connectivity index (χ0) is 15.1. The van der Waals surface area contributed by atoms with Crippen molar-refractivity contribution in [2.24, 2.45) is 5.10 Å². The maximum absolute atomic E-state index is 10.7. The minimum atomic E-state index is -0.948. The highest BCUT2D eigenvalue weighted by atomic mass is 32.1. The van der Waals surface area contributed by atoms with Crippen molar-refractivity contribution in [1.82, 2.24) is 10.7 Å². The van der Waals surface area contributed by atoms with E-state index < -0.39 is 5.97 Å². The molecule has 1 atom stereocenters. The van der Waals surface area contributed by atoms with Gasteiger partial charge in [-0.05, 0) is 42.8 Å². The summed E-state index contributed by atoms with van der Waals surface area (Å²) in [6.07, 6.45) is 3.94. The van der Waals surface area contributed by atoms with Gasteiger partial charge < -0.3 is 15.2 Å². The number of hydrogen-bond donors (Lipinski definition) is 3. The predicted octanol–water partition coefficient (Wildman–Crippen LogP) is 1.36. The molecule has 112 valence electrons. The Morgan fingerprint density at radius 1 is 1.48 bits per heavy atom. The van der Waals surface area contributed by atoms with Crippen LogP contribution < -0.4 is 10.7 Å². The summed E-state index contributed by atoms with van der Waals surface area (Å²) in [6.45, 7) is 1.49. The van der Waals surface area contributed by atoms with E-state index in [4.69, 9.17) is 22.1 Å². The summed E-state index contributed by atoms with van der Waals surface area (Å²) in [6, 6.07) is 6.41. The fourth-order valence-electron chi connectivity index (χ4n) is 1.93.